The van der Waals surface area contributed by atoms with Gasteiger partial charge in [0.1, 0.15) is 5.75 Å². The smallest absolute Gasteiger partial charge is 0.185 e. The number of fused-ring (bicyclic) bond motifs is 1. The van der Waals surface area contributed by atoms with Crippen LogP contribution in [-0.2, 0) is 0 Å². The van der Waals surface area contributed by atoms with Crippen LogP contribution in [0, 0.1) is 0 Å². The molecule has 0 bridgehead atoms. The van der Waals surface area contributed by atoms with E-state index in [2.05, 4.69) is 0 Å². The Hall–Kier alpha value is -1.77. The molecular formula is C9H6O3. The highest BCUT2D eigenvalue weighted by atomic mass is 16.3. The van der Waals surface area contributed by atoms with Gasteiger partial charge in [-0.3, -0.25) is 4.79 Å². The zero-order valence-corrected chi connectivity index (χ0v) is 6.15. The Morgan fingerprint density at radius 3 is 2.83 bits per heavy atom. The molecule has 12 heavy (non-hydrogen) atoms. The Morgan fingerprint density at radius 2 is 2.08 bits per heavy atom. The van der Waals surface area contributed by atoms with Crippen molar-refractivity contribution in [2.24, 2.45) is 0 Å². The number of aromatic hydroxyl groups is 1. The topological polar surface area (TPSA) is 50.4 Å². The molecule has 0 radical (unpaired) electrons. The number of carbonyl (C=O) groups excluding carboxylic acids is 1. The predicted molar refractivity (Wildman–Crippen MR) is 42.4 cm³/mol. The van der Waals surface area contributed by atoms with Crippen LogP contribution in [0.15, 0.2) is 28.9 Å². The lowest BCUT2D eigenvalue weighted by atomic mass is 10.1. The van der Waals surface area contributed by atoms with Crippen molar-refractivity contribution in [2.75, 3.05) is 0 Å². The van der Waals surface area contributed by atoms with Gasteiger partial charge in [0.05, 0.1) is 6.26 Å². The summed E-state index contributed by atoms with van der Waals surface area (Å²) < 4.78 is 4.92. The van der Waals surface area contributed by atoms with Crippen molar-refractivity contribution in [1.29, 1.82) is 0 Å². The number of hydrogen-bond acceptors (Lipinski definition) is 3. The van der Waals surface area contributed by atoms with Crippen molar-refractivity contribution >= 4 is 6.29 Å². The largest absolute Gasteiger partial charge is 0.507 e. The van der Waals surface area contributed by atoms with E-state index in [0.717, 1.165) is 0 Å². The molecule has 0 atom stereocenters. The van der Waals surface area contributed by atoms with Gasteiger partial charge >= 0.3 is 0 Å². The first-order valence-electron chi connectivity index (χ1n) is 3.47. The number of rotatable bonds is 1. The van der Waals surface area contributed by atoms with Gasteiger partial charge in [-0.25, -0.2) is 0 Å². The summed E-state index contributed by atoms with van der Waals surface area (Å²) in [5, 5.41) is 9.27. The van der Waals surface area contributed by atoms with Crippen molar-refractivity contribution in [3.63, 3.8) is 0 Å². The molecule has 0 saturated carbocycles. The Morgan fingerprint density at radius 1 is 1.25 bits per heavy atom. The quantitative estimate of drug-likeness (QED) is 0.651. The fourth-order valence-electron chi connectivity index (χ4n) is 1.20. The van der Waals surface area contributed by atoms with E-state index in [0.29, 0.717) is 17.4 Å². The van der Waals surface area contributed by atoms with E-state index >= 15 is 0 Å². The molecule has 0 unspecified atom stereocenters. The molecule has 0 saturated heterocycles. The molecule has 3 nitrogen and oxygen atoms in total. The first-order valence-corrected chi connectivity index (χ1v) is 3.47. The molecule has 0 aromatic heterocycles. The van der Waals surface area contributed by atoms with E-state index < -0.39 is 0 Å². The van der Waals surface area contributed by atoms with Crippen LogP contribution >= 0.6 is 0 Å². The fourth-order valence-corrected chi connectivity index (χ4v) is 1.20. The lowest BCUT2D eigenvalue weighted by Gasteiger charge is -1.99. The third-order valence-corrected chi connectivity index (χ3v) is 1.78. The standard InChI is InChI=1S/C9H6O3/c10-5-9-7-1-2-8(11)6(7)3-4-12-9/h1-5,11H. The third kappa shape index (κ3) is 0.797. The summed E-state index contributed by atoms with van der Waals surface area (Å²) in [6.07, 6.45) is 2.01. The molecule has 1 heterocycles. The molecule has 0 amide bonds. The molecule has 1 aliphatic carbocycles. The van der Waals surface area contributed by atoms with E-state index in [4.69, 9.17) is 4.42 Å². The van der Waals surface area contributed by atoms with Gasteiger partial charge in [-0.05, 0) is 18.2 Å². The van der Waals surface area contributed by atoms with Crippen molar-refractivity contribution in [2.45, 2.75) is 0 Å². The second kappa shape index (κ2) is 2.37. The average Bonchev–Trinajstić information content (AvgIpc) is 2.48. The zero-order valence-electron chi connectivity index (χ0n) is 6.15. The highest BCUT2D eigenvalue weighted by molar-refractivity contribution is 5.87. The van der Waals surface area contributed by atoms with Gasteiger partial charge < -0.3 is 9.52 Å². The van der Waals surface area contributed by atoms with Gasteiger partial charge in [-0.15, -0.1) is 0 Å². The van der Waals surface area contributed by atoms with Crippen LogP contribution in [0.1, 0.15) is 10.6 Å². The Bertz CT molecular complexity index is 389. The van der Waals surface area contributed by atoms with Crippen LogP contribution in [0.2, 0.25) is 0 Å². The molecule has 2 aliphatic rings. The van der Waals surface area contributed by atoms with Crippen LogP contribution in [0.25, 0.3) is 11.1 Å². The summed E-state index contributed by atoms with van der Waals surface area (Å²) in [5.41, 5.74) is 1.29. The summed E-state index contributed by atoms with van der Waals surface area (Å²) in [4.78, 5) is 10.5. The van der Waals surface area contributed by atoms with Crippen LogP contribution in [0.5, 0.6) is 5.75 Å². The van der Waals surface area contributed by atoms with Gasteiger partial charge in [-0.2, -0.15) is 0 Å². The number of aldehydes is 1. The molecule has 0 aromatic carbocycles. The molecular weight excluding hydrogens is 156 g/mol. The molecule has 1 N–H and O–H groups in total. The molecule has 0 aromatic rings. The predicted octanol–water partition coefficient (Wildman–Crippen LogP) is 1.90. The number of carbonyl (C=O) groups is 1. The fraction of sp³-hybridized carbons (Fsp3) is 0. The van der Waals surface area contributed by atoms with Gasteiger partial charge in [0.2, 0.25) is 0 Å². The minimum Gasteiger partial charge on any atom is -0.507 e. The highest BCUT2D eigenvalue weighted by Gasteiger charge is 2.13. The molecule has 60 valence electrons. The first-order chi connectivity index (χ1) is 5.83. The van der Waals surface area contributed by atoms with Crippen LogP contribution in [-0.4, -0.2) is 11.4 Å². The van der Waals surface area contributed by atoms with Gasteiger partial charge in [0, 0.05) is 11.1 Å². The summed E-state index contributed by atoms with van der Waals surface area (Å²) in [5.74, 6) is 0.414. The van der Waals surface area contributed by atoms with Gasteiger partial charge in [-0.1, -0.05) is 0 Å². The summed E-state index contributed by atoms with van der Waals surface area (Å²) >= 11 is 0. The highest BCUT2D eigenvalue weighted by Crippen LogP contribution is 2.34. The van der Waals surface area contributed by atoms with E-state index in [-0.39, 0.29) is 11.5 Å². The average molecular weight is 162 g/mol. The monoisotopic (exact) mass is 162 g/mol. The van der Waals surface area contributed by atoms with Crippen LogP contribution in [0.4, 0.5) is 0 Å². The molecule has 0 fully saturated rings. The van der Waals surface area contributed by atoms with Crippen molar-refractivity contribution in [3.05, 3.63) is 30.2 Å². The SMILES string of the molecule is O=Cc1occc2c(O)ccc1-2. The van der Waals surface area contributed by atoms with Crippen molar-refractivity contribution in [1.82, 2.24) is 0 Å². The first kappa shape index (κ1) is 6.91. The Labute approximate surface area is 68.6 Å². The van der Waals surface area contributed by atoms with E-state index in [1.807, 2.05) is 0 Å². The molecule has 3 heteroatoms. The second-order valence-electron chi connectivity index (χ2n) is 2.45. The lowest BCUT2D eigenvalue weighted by Crippen LogP contribution is -1.83. The van der Waals surface area contributed by atoms with E-state index in [1.165, 1.54) is 12.3 Å². The maximum Gasteiger partial charge on any atom is 0.185 e. The minimum atomic E-state index is 0.170. The maximum atomic E-state index is 10.5. The summed E-state index contributed by atoms with van der Waals surface area (Å²) in [7, 11) is 0. The lowest BCUT2D eigenvalue weighted by molar-refractivity contribution is 0.109. The van der Waals surface area contributed by atoms with Crippen LogP contribution < -0.4 is 0 Å². The molecule has 1 aliphatic heterocycles. The normalized spacial score (nSPS) is 10.3. The van der Waals surface area contributed by atoms with Gasteiger partial charge in [0.15, 0.2) is 12.0 Å². The summed E-state index contributed by atoms with van der Waals surface area (Å²) in [6, 6.07) is 4.81. The molecule has 0 spiro atoms. The van der Waals surface area contributed by atoms with Crippen LogP contribution in [0.3, 0.4) is 0 Å². The van der Waals surface area contributed by atoms with Crippen molar-refractivity contribution < 1.29 is 14.3 Å². The minimum absolute atomic E-state index is 0.170. The number of hydrogen-bond donors (Lipinski definition) is 1. The van der Waals surface area contributed by atoms with Gasteiger partial charge in [0.25, 0.3) is 0 Å². The van der Waals surface area contributed by atoms with E-state index in [9.17, 15) is 9.90 Å². The second-order valence-corrected chi connectivity index (χ2v) is 2.45. The maximum absolute atomic E-state index is 10.5. The Kier molecular flexibility index (Phi) is 1.37. The Balaban J connectivity index is 2.76. The zero-order chi connectivity index (χ0) is 8.55. The summed E-state index contributed by atoms with van der Waals surface area (Å²) in [6.45, 7) is 0. The molecule has 2 rings (SSSR count). The van der Waals surface area contributed by atoms with E-state index in [1.54, 1.807) is 12.1 Å². The van der Waals surface area contributed by atoms with Crippen molar-refractivity contribution in [3.8, 4) is 16.9 Å². The third-order valence-electron chi connectivity index (χ3n) is 1.78.